The van der Waals surface area contributed by atoms with Crippen LogP contribution in [0.2, 0.25) is 0 Å². The van der Waals surface area contributed by atoms with Gasteiger partial charge in [-0.25, -0.2) is 0 Å². The van der Waals surface area contributed by atoms with E-state index in [4.69, 9.17) is 0 Å². The molecule has 3 aromatic carbocycles. The number of nitrogens with zero attached hydrogens (tertiary/aromatic N) is 1. The smallest absolute Gasteiger partial charge is 0.293 e. The van der Waals surface area contributed by atoms with Gasteiger partial charge >= 0.3 is 0 Å². The maximum atomic E-state index is 11.3. The lowest BCUT2D eigenvalue weighted by atomic mass is 9.99. The predicted molar refractivity (Wildman–Crippen MR) is 94.5 cm³/mol. The van der Waals surface area contributed by atoms with Gasteiger partial charge in [0.2, 0.25) is 0 Å². The van der Waals surface area contributed by atoms with Gasteiger partial charge in [0.05, 0.1) is 4.92 Å². The number of anilines is 1. The molecule has 0 heterocycles. The highest BCUT2D eigenvalue weighted by atomic mass is 16.6. The third-order valence-electron chi connectivity index (χ3n) is 4.02. The lowest BCUT2D eigenvalue weighted by Gasteiger charge is -2.18. The molecule has 5 nitrogen and oxygen atoms in total. The number of hydrogen-bond acceptors (Lipinski definition) is 4. The molecule has 0 spiro atoms. The molecule has 0 radical (unpaired) electrons. The molecular weight excluding hydrogens is 304 g/mol. The minimum Gasteiger partial charge on any atom is -0.373 e. The van der Waals surface area contributed by atoms with E-state index in [0.717, 1.165) is 16.3 Å². The molecular formula is C19H16N2O3. The second-order valence-electron chi connectivity index (χ2n) is 5.59. The topological polar surface area (TPSA) is 72.2 Å². The fourth-order valence-electron chi connectivity index (χ4n) is 2.83. The van der Waals surface area contributed by atoms with Crippen LogP contribution in [0.5, 0.6) is 0 Å². The van der Waals surface area contributed by atoms with Gasteiger partial charge in [0, 0.05) is 17.7 Å². The van der Waals surface area contributed by atoms with Gasteiger partial charge in [0.1, 0.15) is 12.0 Å². The summed E-state index contributed by atoms with van der Waals surface area (Å²) in [6, 6.07) is 18.3. The molecule has 0 fully saturated rings. The second kappa shape index (κ2) is 6.50. The molecule has 3 aromatic rings. The normalized spacial score (nSPS) is 11.9. The van der Waals surface area contributed by atoms with Crippen molar-refractivity contribution in [1.82, 2.24) is 0 Å². The summed E-state index contributed by atoms with van der Waals surface area (Å²) in [5, 5.41) is 16.7. The molecule has 3 rings (SSSR count). The van der Waals surface area contributed by atoms with Crippen LogP contribution in [0.25, 0.3) is 10.8 Å². The molecule has 24 heavy (non-hydrogen) atoms. The molecule has 0 saturated carbocycles. The zero-order valence-electron chi connectivity index (χ0n) is 13.1. The third kappa shape index (κ3) is 2.96. The van der Waals surface area contributed by atoms with Crippen molar-refractivity contribution in [3.8, 4) is 0 Å². The summed E-state index contributed by atoms with van der Waals surface area (Å²) in [5.41, 5.74) is 1.63. The number of carbonyl (C=O) groups is 1. The van der Waals surface area contributed by atoms with E-state index in [1.54, 1.807) is 12.1 Å². The van der Waals surface area contributed by atoms with E-state index in [-0.39, 0.29) is 17.3 Å². The fourth-order valence-corrected chi connectivity index (χ4v) is 2.83. The SMILES string of the molecule is C[C@@H](Nc1ccc(C=O)cc1[N+](=O)[O-])c1cccc2ccccc12. The monoisotopic (exact) mass is 320 g/mol. The number of rotatable bonds is 5. The standard InChI is InChI=1S/C19H16N2O3/c1-13(16-8-4-6-15-5-2-3-7-17(15)16)20-18-10-9-14(12-22)11-19(18)21(23)24/h2-13,20H,1H3/t13-/m1/s1. The molecule has 0 aromatic heterocycles. The second-order valence-corrected chi connectivity index (χ2v) is 5.59. The van der Waals surface area contributed by atoms with E-state index < -0.39 is 4.92 Å². The van der Waals surface area contributed by atoms with Crippen molar-refractivity contribution in [2.45, 2.75) is 13.0 Å². The Labute approximate surface area is 139 Å². The maximum Gasteiger partial charge on any atom is 0.293 e. The van der Waals surface area contributed by atoms with Crippen LogP contribution >= 0.6 is 0 Å². The van der Waals surface area contributed by atoms with Crippen molar-refractivity contribution in [3.05, 3.63) is 81.9 Å². The van der Waals surface area contributed by atoms with Crippen molar-refractivity contribution in [2.24, 2.45) is 0 Å². The van der Waals surface area contributed by atoms with Crippen molar-refractivity contribution in [3.63, 3.8) is 0 Å². The van der Waals surface area contributed by atoms with Gasteiger partial charge in [-0.15, -0.1) is 0 Å². The Bertz CT molecular complexity index is 916. The van der Waals surface area contributed by atoms with Crippen LogP contribution in [0.4, 0.5) is 11.4 Å². The summed E-state index contributed by atoms with van der Waals surface area (Å²) in [7, 11) is 0. The zero-order chi connectivity index (χ0) is 17.1. The average molecular weight is 320 g/mol. The minimum atomic E-state index is -0.481. The number of nitro benzene ring substituents is 1. The Balaban J connectivity index is 1.99. The van der Waals surface area contributed by atoms with Crippen LogP contribution in [0, 0.1) is 10.1 Å². The van der Waals surface area contributed by atoms with E-state index in [0.29, 0.717) is 12.0 Å². The summed E-state index contributed by atoms with van der Waals surface area (Å²) in [6.45, 7) is 1.96. The first kappa shape index (κ1) is 15.7. The molecule has 0 saturated heterocycles. The minimum absolute atomic E-state index is 0.105. The largest absolute Gasteiger partial charge is 0.373 e. The van der Waals surface area contributed by atoms with Gasteiger partial charge in [-0.1, -0.05) is 42.5 Å². The lowest BCUT2D eigenvalue weighted by molar-refractivity contribution is -0.384. The van der Waals surface area contributed by atoms with Gasteiger partial charge in [0.15, 0.2) is 0 Å². The van der Waals surface area contributed by atoms with E-state index in [9.17, 15) is 14.9 Å². The molecule has 0 unspecified atom stereocenters. The Morgan fingerprint density at radius 3 is 2.58 bits per heavy atom. The van der Waals surface area contributed by atoms with Crippen LogP contribution in [0.1, 0.15) is 28.9 Å². The highest BCUT2D eigenvalue weighted by Gasteiger charge is 2.17. The predicted octanol–water partition coefficient (Wildman–Crippen LogP) is 4.73. The fraction of sp³-hybridized carbons (Fsp3) is 0.105. The number of aldehydes is 1. The van der Waals surface area contributed by atoms with Crippen molar-refractivity contribution in [2.75, 3.05) is 5.32 Å². The number of hydrogen-bond donors (Lipinski definition) is 1. The summed E-state index contributed by atoms with van der Waals surface area (Å²) < 4.78 is 0. The maximum absolute atomic E-state index is 11.3. The Hall–Kier alpha value is -3.21. The van der Waals surface area contributed by atoms with Gasteiger partial charge < -0.3 is 5.32 Å². The van der Waals surface area contributed by atoms with E-state index in [2.05, 4.69) is 5.32 Å². The van der Waals surface area contributed by atoms with Gasteiger partial charge in [0.25, 0.3) is 5.69 Å². The van der Waals surface area contributed by atoms with Crippen LogP contribution in [-0.4, -0.2) is 11.2 Å². The molecule has 1 atom stereocenters. The quantitative estimate of drug-likeness (QED) is 0.419. The van der Waals surface area contributed by atoms with Gasteiger partial charge in [-0.3, -0.25) is 14.9 Å². The Kier molecular flexibility index (Phi) is 4.24. The highest BCUT2D eigenvalue weighted by Crippen LogP contribution is 2.31. The number of benzene rings is 3. The number of carbonyl (C=O) groups excluding carboxylic acids is 1. The van der Waals surface area contributed by atoms with Crippen molar-refractivity contribution >= 4 is 28.4 Å². The molecule has 120 valence electrons. The summed E-state index contributed by atoms with van der Waals surface area (Å²) in [5.74, 6) is 0. The van der Waals surface area contributed by atoms with Crippen LogP contribution in [-0.2, 0) is 0 Å². The van der Waals surface area contributed by atoms with Crippen LogP contribution in [0.3, 0.4) is 0 Å². The molecule has 0 aliphatic heterocycles. The first-order chi connectivity index (χ1) is 11.6. The highest BCUT2D eigenvalue weighted by molar-refractivity contribution is 5.86. The number of nitrogens with one attached hydrogen (secondary N) is 1. The zero-order valence-corrected chi connectivity index (χ0v) is 13.1. The number of nitro groups is 1. The first-order valence-corrected chi connectivity index (χ1v) is 7.58. The molecule has 0 aliphatic carbocycles. The molecule has 0 amide bonds. The van der Waals surface area contributed by atoms with E-state index >= 15 is 0 Å². The van der Waals surface area contributed by atoms with Crippen LogP contribution < -0.4 is 5.32 Å². The molecule has 1 N–H and O–H groups in total. The number of fused-ring (bicyclic) bond motifs is 1. The molecule has 0 bridgehead atoms. The van der Waals surface area contributed by atoms with Gasteiger partial charge in [-0.2, -0.15) is 0 Å². The van der Waals surface area contributed by atoms with E-state index in [1.807, 2.05) is 49.4 Å². The van der Waals surface area contributed by atoms with Crippen molar-refractivity contribution < 1.29 is 9.72 Å². The first-order valence-electron chi connectivity index (χ1n) is 7.58. The summed E-state index contributed by atoms with van der Waals surface area (Å²) >= 11 is 0. The van der Waals surface area contributed by atoms with Gasteiger partial charge in [-0.05, 0) is 35.4 Å². The van der Waals surface area contributed by atoms with E-state index in [1.165, 1.54) is 6.07 Å². The lowest BCUT2D eigenvalue weighted by Crippen LogP contribution is -2.09. The summed E-state index contributed by atoms with van der Waals surface area (Å²) in [4.78, 5) is 21.6. The molecule has 5 heteroatoms. The molecule has 0 aliphatic rings. The van der Waals surface area contributed by atoms with Crippen molar-refractivity contribution in [1.29, 1.82) is 0 Å². The van der Waals surface area contributed by atoms with Crippen LogP contribution in [0.15, 0.2) is 60.7 Å². The third-order valence-corrected chi connectivity index (χ3v) is 4.02. The average Bonchev–Trinajstić information content (AvgIpc) is 2.61. The Morgan fingerprint density at radius 1 is 1.08 bits per heavy atom. The summed E-state index contributed by atoms with van der Waals surface area (Å²) in [6.07, 6.45) is 0.602. The Morgan fingerprint density at radius 2 is 1.83 bits per heavy atom.